The summed E-state index contributed by atoms with van der Waals surface area (Å²) in [6, 6.07) is 73.0. The van der Waals surface area contributed by atoms with E-state index < -0.39 is 0 Å². The molecule has 1 aliphatic heterocycles. The summed E-state index contributed by atoms with van der Waals surface area (Å²) in [5.74, 6) is 0. The summed E-state index contributed by atoms with van der Waals surface area (Å²) in [4.78, 5) is 6.74. The largest absolute Gasteiger partial charge is 0.272 e. The Labute approximate surface area is 348 Å². The van der Waals surface area contributed by atoms with E-state index in [1.54, 1.807) is 0 Å². The van der Waals surface area contributed by atoms with E-state index in [0.717, 1.165) is 33.5 Å². The summed E-state index contributed by atoms with van der Waals surface area (Å²) in [7, 11) is 0. The predicted octanol–water partition coefficient (Wildman–Crippen LogP) is 14.8. The van der Waals surface area contributed by atoms with Gasteiger partial charge in [0, 0.05) is 9.58 Å². The van der Waals surface area contributed by atoms with Crippen LogP contribution >= 0.6 is 11.3 Å². The molecule has 1 nitrogen and oxygen atoms in total. The predicted molar refractivity (Wildman–Crippen MR) is 248 cm³/mol. The zero-order valence-electron chi connectivity index (χ0n) is 32.3. The molecule has 1 spiro atoms. The van der Waals surface area contributed by atoms with Crippen molar-refractivity contribution in [2.75, 3.05) is 0 Å². The molecule has 0 amide bonds. The van der Waals surface area contributed by atoms with Crippen molar-refractivity contribution in [3.8, 4) is 43.8 Å². The Morgan fingerprint density at radius 3 is 1.69 bits per heavy atom. The molecule has 0 fully saturated rings. The molecule has 8 aromatic carbocycles. The number of dihydropyridines is 1. The lowest BCUT2D eigenvalue weighted by Crippen LogP contribution is -2.25. The highest BCUT2D eigenvalue weighted by molar-refractivity contribution is 7.22. The lowest BCUT2D eigenvalue weighted by atomic mass is 9.70. The van der Waals surface area contributed by atoms with Crippen LogP contribution in [0.25, 0.3) is 59.5 Å². The van der Waals surface area contributed by atoms with E-state index in [1.165, 1.54) is 76.2 Å². The fourth-order valence-corrected chi connectivity index (χ4v) is 11.3. The Bertz CT molecular complexity index is 3150. The number of rotatable bonds is 5. The summed E-state index contributed by atoms with van der Waals surface area (Å²) in [6.07, 6.45) is 2.21. The van der Waals surface area contributed by atoms with Gasteiger partial charge in [0.2, 0.25) is 0 Å². The van der Waals surface area contributed by atoms with E-state index >= 15 is 0 Å². The normalized spacial score (nSPS) is 15.7. The van der Waals surface area contributed by atoms with Gasteiger partial charge in [-0.3, -0.25) is 4.99 Å². The Morgan fingerprint density at radius 2 is 0.983 bits per heavy atom. The Morgan fingerprint density at radius 1 is 0.458 bits per heavy atom. The van der Waals surface area contributed by atoms with Crippen molar-refractivity contribution in [1.82, 2.24) is 0 Å². The van der Waals surface area contributed by atoms with Crippen molar-refractivity contribution < 1.29 is 0 Å². The molecule has 9 aromatic rings. The maximum absolute atomic E-state index is 5.36. The molecule has 3 aliphatic rings. The smallest absolute Gasteiger partial charge is 0.101 e. The maximum Gasteiger partial charge on any atom is 0.101 e. The third-order valence-electron chi connectivity index (χ3n) is 12.7. The van der Waals surface area contributed by atoms with Crippen molar-refractivity contribution >= 4 is 32.7 Å². The minimum Gasteiger partial charge on any atom is -0.272 e. The second-order valence-electron chi connectivity index (χ2n) is 15.8. The molecule has 2 aliphatic carbocycles. The lowest BCUT2D eigenvalue weighted by molar-refractivity contribution is 0.803. The van der Waals surface area contributed by atoms with Crippen LogP contribution in [-0.2, 0) is 5.41 Å². The molecule has 2 heteroatoms. The molecule has 0 N–H and O–H groups in total. The van der Waals surface area contributed by atoms with Crippen molar-refractivity contribution in [3.05, 3.63) is 257 Å². The fourth-order valence-electron chi connectivity index (χ4n) is 10.0. The molecule has 1 atom stereocenters. The van der Waals surface area contributed by atoms with Crippen molar-refractivity contribution in [1.29, 1.82) is 0 Å². The monoisotopic (exact) mass is 767 g/mol. The molecule has 12 rings (SSSR count). The van der Waals surface area contributed by atoms with E-state index in [1.807, 2.05) is 11.3 Å². The first-order valence-corrected chi connectivity index (χ1v) is 21.1. The summed E-state index contributed by atoms with van der Waals surface area (Å²) in [5.41, 5.74) is 20.5. The average Bonchev–Trinajstić information content (AvgIpc) is 3.93. The molecule has 276 valence electrons. The van der Waals surface area contributed by atoms with Gasteiger partial charge < -0.3 is 0 Å². The number of hydrogen-bond acceptors (Lipinski definition) is 2. The molecule has 1 unspecified atom stereocenters. The van der Waals surface area contributed by atoms with Gasteiger partial charge in [0.15, 0.2) is 0 Å². The summed E-state index contributed by atoms with van der Waals surface area (Å²) < 4.78 is 1.34. The standard InChI is InChI=1S/C57H37NS/c1-36-47(40-28-24-38(25-29-40)37-14-4-2-5-15-37)35-52(41-16-6-3-7-17-41)58-55(36)42-30-26-39(27-31-42)43-32-33-51-48(34-43)56-54(46-20-10-13-23-53(46)59-56)57(51)49-21-11-8-18-44(49)45-19-9-12-22-50(45)57/h2-35,55H,1H2. The van der Waals surface area contributed by atoms with Crippen LogP contribution in [0, 0.1) is 0 Å². The Hall–Kier alpha value is -7.13. The first-order valence-electron chi connectivity index (χ1n) is 20.3. The molecule has 2 heterocycles. The highest BCUT2D eigenvalue weighted by Crippen LogP contribution is 2.66. The first-order chi connectivity index (χ1) is 29.2. The number of fused-ring (bicyclic) bond motifs is 12. The van der Waals surface area contributed by atoms with Gasteiger partial charge in [-0.1, -0.05) is 195 Å². The molecule has 59 heavy (non-hydrogen) atoms. The summed E-state index contributed by atoms with van der Waals surface area (Å²) in [6.45, 7) is 4.69. The quantitative estimate of drug-likeness (QED) is 0.165. The van der Waals surface area contributed by atoms with E-state index in [0.29, 0.717) is 0 Å². The third-order valence-corrected chi connectivity index (χ3v) is 14.0. The molecular weight excluding hydrogens is 731 g/mol. The van der Waals surface area contributed by atoms with Crippen LogP contribution in [0.1, 0.15) is 45.0 Å². The van der Waals surface area contributed by atoms with E-state index in [9.17, 15) is 0 Å². The molecule has 0 radical (unpaired) electrons. The van der Waals surface area contributed by atoms with Crippen LogP contribution in [-0.4, -0.2) is 5.71 Å². The van der Waals surface area contributed by atoms with Crippen molar-refractivity contribution in [2.24, 2.45) is 4.99 Å². The molecule has 0 saturated heterocycles. The molecular formula is C57H37NS. The fraction of sp³-hybridized carbons (Fsp3) is 0.0351. The third kappa shape index (κ3) is 5.07. The molecule has 0 saturated carbocycles. The minimum atomic E-state index is -0.358. The second kappa shape index (κ2) is 13.2. The van der Waals surface area contributed by atoms with Crippen LogP contribution in [0.2, 0.25) is 0 Å². The van der Waals surface area contributed by atoms with Gasteiger partial charge >= 0.3 is 0 Å². The van der Waals surface area contributed by atoms with Crippen LogP contribution < -0.4 is 0 Å². The number of nitrogens with zero attached hydrogens (tertiary/aromatic N) is 1. The average molecular weight is 768 g/mol. The van der Waals surface area contributed by atoms with E-state index in [4.69, 9.17) is 11.6 Å². The number of aliphatic imine (C=N–C) groups is 1. The Kier molecular flexibility index (Phi) is 7.60. The highest BCUT2D eigenvalue weighted by Gasteiger charge is 2.53. The van der Waals surface area contributed by atoms with E-state index in [-0.39, 0.29) is 11.5 Å². The highest BCUT2D eigenvalue weighted by atomic mass is 32.1. The number of allylic oxidation sites excluding steroid dienone is 1. The van der Waals surface area contributed by atoms with Gasteiger partial charge in [-0.25, -0.2) is 0 Å². The first kappa shape index (κ1) is 34.0. The zero-order valence-corrected chi connectivity index (χ0v) is 33.1. The SMILES string of the molecule is C=C1C(c2ccc(-c3ccccc3)cc2)=CC(c2ccccc2)=NC1c1ccc(-c2ccc3c(c2)-c2sc4ccccc4c2C32c3ccccc3-c3ccccc32)cc1. The van der Waals surface area contributed by atoms with Crippen LogP contribution in [0.5, 0.6) is 0 Å². The number of hydrogen-bond donors (Lipinski definition) is 0. The van der Waals surface area contributed by atoms with Crippen LogP contribution in [0.15, 0.2) is 223 Å². The van der Waals surface area contributed by atoms with Gasteiger partial charge in [-0.05, 0) is 113 Å². The van der Waals surface area contributed by atoms with Crippen molar-refractivity contribution in [3.63, 3.8) is 0 Å². The summed E-state index contributed by atoms with van der Waals surface area (Å²) >= 11 is 1.93. The van der Waals surface area contributed by atoms with Gasteiger partial charge in [0.1, 0.15) is 6.04 Å². The lowest BCUT2D eigenvalue weighted by Gasteiger charge is -2.30. The van der Waals surface area contributed by atoms with Crippen LogP contribution in [0.4, 0.5) is 0 Å². The second-order valence-corrected chi connectivity index (χ2v) is 16.9. The maximum atomic E-state index is 5.36. The zero-order chi connectivity index (χ0) is 39.1. The van der Waals surface area contributed by atoms with Gasteiger partial charge in [0.25, 0.3) is 0 Å². The summed E-state index contributed by atoms with van der Waals surface area (Å²) in [5, 5.41) is 1.35. The topological polar surface area (TPSA) is 12.4 Å². The minimum absolute atomic E-state index is 0.212. The molecule has 0 bridgehead atoms. The van der Waals surface area contributed by atoms with Gasteiger partial charge in [-0.2, -0.15) is 0 Å². The molecule has 1 aromatic heterocycles. The number of thiophene rings is 1. The van der Waals surface area contributed by atoms with Gasteiger partial charge in [0.05, 0.1) is 11.1 Å². The number of benzene rings is 8. The van der Waals surface area contributed by atoms with E-state index in [2.05, 4.69) is 206 Å². The van der Waals surface area contributed by atoms with Gasteiger partial charge in [-0.15, -0.1) is 11.3 Å². The Balaban J connectivity index is 0.943. The van der Waals surface area contributed by atoms with Crippen LogP contribution in [0.3, 0.4) is 0 Å². The van der Waals surface area contributed by atoms with Crippen molar-refractivity contribution in [2.45, 2.75) is 11.5 Å².